The molecule has 1 N–H and O–H groups in total. The van der Waals surface area contributed by atoms with Gasteiger partial charge in [-0.25, -0.2) is 4.98 Å². The molecule has 4 nitrogen and oxygen atoms in total. The summed E-state index contributed by atoms with van der Waals surface area (Å²) in [6.45, 7) is 11.8. The molecule has 0 amide bonds. The molecule has 1 aliphatic carbocycles. The van der Waals surface area contributed by atoms with Crippen LogP contribution in [0.3, 0.4) is 0 Å². The summed E-state index contributed by atoms with van der Waals surface area (Å²) in [4.78, 5) is 9.12. The van der Waals surface area contributed by atoms with Crippen molar-refractivity contribution in [3.8, 4) is 5.88 Å². The maximum absolute atomic E-state index is 6.16. The molecule has 3 unspecified atom stereocenters. The first kappa shape index (κ1) is 16.1. The van der Waals surface area contributed by atoms with E-state index < -0.39 is 0 Å². The van der Waals surface area contributed by atoms with Crippen LogP contribution < -0.4 is 10.1 Å². The molecule has 0 radical (unpaired) electrons. The van der Waals surface area contributed by atoms with E-state index >= 15 is 0 Å². The van der Waals surface area contributed by atoms with Crippen molar-refractivity contribution in [1.29, 1.82) is 0 Å². The van der Waals surface area contributed by atoms with E-state index in [4.69, 9.17) is 4.74 Å². The van der Waals surface area contributed by atoms with E-state index in [0.29, 0.717) is 12.0 Å². The number of nitrogens with zero attached hydrogens (tertiary/aromatic N) is 2. The first-order valence-corrected chi connectivity index (χ1v) is 8.29. The van der Waals surface area contributed by atoms with Gasteiger partial charge in [0.15, 0.2) is 0 Å². The maximum Gasteiger partial charge on any atom is 0.219 e. The van der Waals surface area contributed by atoms with Crippen molar-refractivity contribution in [2.75, 3.05) is 11.9 Å². The second-order valence-corrected chi connectivity index (χ2v) is 6.64. The Kier molecular flexibility index (Phi) is 5.43. The van der Waals surface area contributed by atoms with Gasteiger partial charge < -0.3 is 10.1 Å². The zero-order valence-corrected chi connectivity index (χ0v) is 14.0. The minimum Gasteiger partial charge on any atom is -0.474 e. The van der Waals surface area contributed by atoms with Crippen molar-refractivity contribution in [1.82, 2.24) is 9.97 Å². The summed E-state index contributed by atoms with van der Waals surface area (Å²) in [5, 5.41) is 3.27. The van der Waals surface area contributed by atoms with Crippen LogP contribution >= 0.6 is 0 Å². The molecule has 1 aromatic rings. The van der Waals surface area contributed by atoms with Crippen LogP contribution in [0.25, 0.3) is 0 Å². The molecule has 1 heterocycles. The van der Waals surface area contributed by atoms with Crippen LogP contribution in [0, 0.1) is 11.8 Å². The van der Waals surface area contributed by atoms with E-state index in [2.05, 4.69) is 49.9 Å². The smallest absolute Gasteiger partial charge is 0.219 e. The van der Waals surface area contributed by atoms with Crippen molar-refractivity contribution in [2.24, 2.45) is 11.8 Å². The lowest BCUT2D eigenvalue weighted by Crippen LogP contribution is -2.29. The summed E-state index contributed by atoms with van der Waals surface area (Å²) in [5.74, 6) is 4.26. The van der Waals surface area contributed by atoms with Crippen LogP contribution in [0.2, 0.25) is 0 Å². The lowest BCUT2D eigenvalue weighted by atomic mass is 9.80. The first-order chi connectivity index (χ1) is 9.99. The van der Waals surface area contributed by atoms with E-state index in [1.165, 1.54) is 6.42 Å². The Morgan fingerprint density at radius 1 is 1.24 bits per heavy atom. The van der Waals surface area contributed by atoms with Gasteiger partial charge >= 0.3 is 0 Å². The van der Waals surface area contributed by atoms with Crippen molar-refractivity contribution in [2.45, 2.75) is 65.9 Å². The third-order valence-corrected chi connectivity index (χ3v) is 4.43. The molecule has 118 valence electrons. The highest BCUT2D eigenvalue weighted by atomic mass is 16.5. The fourth-order valence-corrected chi connectivity index (χ4v) is 2.81. The van der Waals surface area contributed by atoms with Gasteiger partial charge in [-0.15, -0.1) is 0 Å². The number of hydrogen-bond acceptors (Lipinski definition) is 4. The number of anilines is 1. The predicted molar refractivity (Wildman–Crippen MR) is 86.9 cm³/mol. The third-order valence-electron chi connectivity index (χ3n) is 4.43. The monoisotopic (exact) mass is 291 g/mol. The van der Waals surface area contributed by atoms with Gasteiger partial charge in [0.25, 0.3) is 0 Å². The number of ether oxygens (including phenoxy) is 1. The number of aromatic nitrogens is 2. The van der Waals surface area contributed by atoms with E-state index in [1.54, 1.807) is 0 Å². The lowest BCUT2D eigenvalue weighted by Gasteiger charge is -2.32. The Bertz CT molecular complexity index is 461. The Morgan fingerprint density at radius 3 is 2.62 bits per heavy atom. The molecule has 1 saturated carbocycles. The summed E-state index contributed by atoms with van der Waals surface area (Å²) in [6, 6.07) is 1.93. The van der Waals surface area contributed by atoms with Crippen LogP contribution in [0.4, 0.5) is 5.82 Å². The fraction of sp³-hybridized carbons (Fsp3) is 0.765. The molecule has 21 heavy (non-hydrogen) atoms. The van der Waals surface area contributed by atoms with E-state index in [9.17, 15) is 0 Å². The van der Waals surface area contributed by atoms with E-state index in [1.807, 2.05) is 6.07 Å². The van der Waals surface area contributed by atoms with Crippen molar-refractivity contribution in [3.05, 3.63) is 11.9 Å². The van der Waals surface area contributed by atoms with Gasteiger partial charge in [-0.3, -0.25) is 0 Å². The van der Waals surface area contributed by atoms with Gasteiger partial charge in [-0.05, 0) is 38.0 Å². The highest BCUT2D eigenvalue weighted by molar-refractivity contribution is 5.38. The summed E-state index contributed by atoms with van der Waals surface area (Å²) in [7, 11) is 0. The van der Waals surface area contributed by atoms with Crippen LogP contribution in [0.15, 0.2) is 6.07 Å². The van der Waals surface area contributed by atoms with Crippen LogP contribution in [-0.2, 0) is 0 Å². The molecule has 4 heteroatoms. The fourth-order valence-electron chi connectivity index (χ4n) is 2.81. The largest absolute Gasteiger partial charge is 0.474 e. The highest BCUT2D eigenvalue weighted by Crippen LogP contribution is 2.32. The minimum absolute atomic E-state index is 0.292. The lowest BCUT2D eigenvalue weighted by molar-refractivity contribution is 0.0961. The maximum atomic E-state index is 6.16. The number of nitrogens with one attached hydrogen (secondary N) is 1. The number of rotatable bonds is 5. The Morgan fingerprint density at radius 2 is 2.00 bits per heavy atom. The minimum atomic E-state index is 0.292. The highest BCUT2D eigenvalue weighted by Gasteiger charge is 2.26. The molecule has 1 fully saturated rings. The first-order valence-electron chi connectivity index (χ1n) is 8.29. The van der Waals surface area contributed by atoms with Gasteiger partial charge in [0.2, 0.25) is 5.88 Å². The van der Waals surface area contributed by atoms with Crippen LogP contribution in [0.1, 0.15) is 65.6 Å². The average Bonchev–Trinajstić information content (AvgIpc) is 2.43. The molecule has 0 spiro atoms. The van der Waals surface area contributed by atoms with Gasteiger partial charge in [-0.2, -0.15) is 4.98 Å². The summed E-state index contributed by atoms with van der Waals surface area (Å²) in [6.07, 6.45) is 3.79. The number of hydrogen-bond donors (Lipinski definition) is 1. The normalized spacial score (nSPS) is 25.9. The van der Waals surface area contributed by atoms with Gasteiger partial charge in [0.05, 0.1) is 0 Å². The second-order valence-electron chi connectivity index (χ2n) is 6.64. The molecular weight excluding hydrogens is 262 g/mol. The van der Waals surface area contributed by atoms with Crippen molar-refractivity contribution in [3.63, 3.8) is 0 Å². The van der Waals surface area contributed by atoms with Crippen molar-refractivity contribution < 1.29 is 4.74 Å². The zero-order valence-electron chi connectivity index (χ0n) is 14.0. The summed E-state index contributed by atoms with van der Waals surface area (Å²) in [5.41, 5.74) is 0. The van der Waals surface area contributed by atoms with Crippen LogP contribution in [0.5, 0.6) is 5.88 Å². The third kappa shape index (κ3) is 4.32. The quantitative estimate of drug-likeness (QED) is 0.881. The molecule has 1 aromatic heterocycles. The second kappa shape index (κ2) is 7.10. The molecule has 2 rings (SSSR count). The van der Waals surface area contributed by atoms with E-state index in [-0.39, 0.29) is 0 Å². The molecule has 0 bridgehead atoms. The van der Waals surface area contributed by atoms with E-state index in [0.717, 1.165) is 48.7 Å². The molecule has 0 aliphatic heterocycles. The summed E-state index contributed by atoms with van der Waals surface area (Å²) >= 11 is 0. The Labute approximate surface area is 128 Å². The average molecular weight is 291 g/mol. The van der Waals surface area contributed by atoms with Crippen molar-refractivity contribution >= 4 is 5.82 Å². The standard InChI is InChI=1S/C17H29N3O/c1-6-18-15-10-16(20-17(19-15)11(2)3)21-14-8-7-12(4)13(5)9-14/h10-14H,6-9H2,1-5H3,(H,18,19,20). The SMILES string of the molecule is CCNc1cc(OC2CCC(C)C(C)C2)nc(C(C)C)n1. The predicted octanol–water partition coefficient (Wildman–Crippen LogP) is 4.24. The summed E-state index contributed by atoms with van der Waals surface area (Å²) < 4.78 is 6.16. The topological polar surface area (TPSA) is 47.0 Å². The molecular formula is C17H29N3O. The molecule has 0 aromatic carbocycles. The Balaban J connectivity index is 2.11. The molecule has 3 atom stereocenters. The van der Waals surface area contributed by atoms with Gasteiger partial charge in [0, 0.05) is 18.5 Å². The Hall–Kier alpha value is -1.32. The van der Waals surface area contributed by atoms with Gasteiger partial charge in [-0.1, -0.05) is 27.7 Å². The zero-order chi connectivity index (χ0) is 15.4. The van der Waals surface area contributed by atoms with Crippen LogP contribution in [-0.4, -0.2) is 22.6 Å². The van der Waals surface area contributed by atoms with Gasteiger partial charge in [0.1, 0.15) is 17.7 Å². The molecule has 0 saturated heterocycles. The molecule has 1 aliphatic rings.